The van der Waals surface area contributed by atoms with Gasteiger partial charge in [-0.25, -0.2) is 4.79 Å². The average molecular weight is 396 g/mol. The molecule has 0 bridgehead atoms. The van der Waals surface area contributed by atoms with Gasteiger partial charge in [-0.2, -0.15) is 0 Å². The normalized spacial score (nSPS) is 15.8. The Bertz CT molecular complexity index is 923. The molecule has 2 amide bonds. The molecule has 7 nitrogen and oxygen atoms in total. The number of hydrogen-bond donors (Lipinski definition) is 2. The van der Waals surface area contributed by atoms with Gasteiger partial charge >= 0.3 is 5.97 Å². The smallest absolute Gasteiger partial charge is 0.335 e. The second-order valence-corrected chi connectivity index (χ2v) is 7.12. The van der Waals surface area contributed by atoms with Crippen LogP contribution in [0.5, 0.6) is 5.75 Å². The zero-order valence-electron chi connectivity index (χ0n) is 16.5. The lowest BCUT2D eigenvalue weighted by Crippen LogP contribution is -2.43. The van der Waals surface area contributed by atoms with Crippen LogP contribution in [0.15, 0.2) is 42.5 Å². The van der Waals surface area contributed by atoms with E-state index in [2.05, 4.69) is 5.32 Å². The van der Waals surface area contributed by atoms with E-state index in [-0.39, 0.29) is 23.8 Å². The number of carboxylic acids is 1. The molecule has 1 atom stereocenters. The first-order valence-corrected chi connectivity index (χ1v) is 9.46. The van der Waals surface area contributed by atoms with Gasteiger partial charge in [0.05, 0.1) is 24.8 Å². The number of methoxy groups -OCH3 is 1. The number of carbonyl (C=O) groups excluding carboxylic acids is 2. The Morgan fingerprint density at radius 3 is 2.55 bits per heavy atom. The number of amides is 2. The number of aromatic carboxylic acids is 1. The fraction of sp³-hybridized carbons (Fsp3) is 0.318. The number of aryl methyl sites for hydroxylation is 1. The van der Waals surface area contributed by atoms with Crippen LogP contribution in [-0.2, 0) is 16.0 Å². The van der Waals surface area contributed by atoms with Gasteiger partial charge in [0.15, 0.2) is 0 Å². The van der Waals surface area contributed by atoms with Crippen molar-refractivity contribution < 1.29 is 24.2 Å². The summed E-state index contributed by atoms with van der Waals surface area (Å²) < 4.78 is 5.31. The monoisotopic (exact) mass is 396 g/mol. The topological polar surface area (TPSA) is 95.9 Å². The second-order valence-electron chi connectivity index (χ2n) is 7.12. The molecule has 1 heterocycles. The molecule has 2 aromatic rings. The molecule has 1 fully saturated rings. The first-order chi connectivity index (χ1) is 13.9. The molecular weight excluding hydrogens is 372 g/mol. The number of nitrogens with zero attached hydrogens (tertiary/aromatic N) is 1. The summed E-state index contributed by atoms with van der Waals surface area (Å²) in [6, 6.07) is 11.2. The van der Waals surface area contributed by atoms with E-state index in [4.69, 9.17) is 9.84 Å². The number of benzene rings is 2. The molecule has 1 saturated heterocycles. The summed E-state index contributed by atoms with van der Waals surface area (Å²) in [5.41, 5.74) is 2.46. The van der Waals surface area contributed by atoms with Crippen LogP contribution in [0.2, 0.25) is 0 Å². The SMILES string of the molecule is COc1ccc(C)cc1NC(=O)C1CCCN1C(=O)Cc1ccc(C(=O)O)cc1. The van der Waals surface area contributed by atoms with Crippen molar-refractivity contribution in [3.8, 4) is 5.75 Å². The van der Waals surface area contributed by atoms with E-state index in [1.54, 1.807) is 30.2 Å². The zero-order valence-corrected chi connectivity index (χ0v) is 16.5. The van der Waals surface area contributed by atoms with Crippen LogP contribution in [-0.4, -0.2) is 47.5 Å². The van der Waals surface area contributed by atoms with Crippen molar-refractivity contribution in [3.05, 3.63) is 59.2 Å². The van der Waals surface area contributed by atoms with Crippen molar-refractivity contribution in [1.82, 2.24) is 4.90 Å². The van der Waals surface area contributed by atoms with E-state index in [0.717, 1.165) is 12.0 Å². The zero-order chi connectivity index (χ0) is 21.0. The molecule has 7 heteroatoms. The summed E-state index contributed by atoms with van der Waals surface area (Å²) in [4.78, 5) is 38.2. The van der Waals surface area contributed by atoms with Gasteiger partial charge in [0.25, 0.3) is 0 Å². The third-order valence-electron chi connectivity index (χ3n) is 5.04. The maximum atomic E-state index is 12.9. The summed E-state index contributed by atoms with van der Waals surface area (Å²) in [6.07, 6.45) is 1.48. The highest BCUT2D eigenvalue weighted by atomic mass is 16.5. The van der Waals surface area contributed by atoms with Crippen LogP contribution in [0.3, 0.4) is 0 Å². The number of rotatable bonds is 6. The van der Waals surface area contributed by atoms with Crippen molar-refractivity contribution in [2.45, 2.75) is 32.2 Å². The Morgan fingerprint density at radius 1 is 1.17 bits per heavy atom. The lowest BCUT2D eigenvalue weighted by Gasteiger charge is -2.24. The van der Waals surface area contributed by atoms with Crippen LogP contribution < -0.4 is 10.1 Å². The molecule has 152 valence electrons. The van der Waals surface area contributed by atoms with E-state index < -0.39 is 12.0 Å². The Balaban J connectivity index is 1.68. The van der Waals surface area contributed by atoms with Gasteiger partial charge in [0, 0.05) is 6.54 Å². The average Bonchev–Trinajstić information content (AvgIpc) is 3.19. The van der Waals surface area contributed by atoms with Gasteiger partial charge < -0.3 is 20.1 Å². The molecule has 1 unspecified atom stereocenters. The lowest BCUT2D eigenvalue weighted by molar-refractivity contribution is -0.136. The van der Waals surface area contributed by atoms with Gasteiger partial charge in [-0.3, -0.25) is 9.59 Å². The fourth-order valence-electron chi connectivity index (χ4n) is 3.51. The molecule has 0 aliphatic carbocycles. The Hall–Kier alpha value is -3.35. The highest BCUT2D eigenvalue weighted by Gasteiger charge is 2.34. The molecule has 2 N–H and O–H groups in total. The van der Waals surface area contributed by atoms with Crippen molar-refractivity contribution in [2.75, 3.05) is 19.0 Å². The molecular formula is C22H24N2O5. The quantitative estimate of drug-likeness (QED) is 0.783. The highest BCUT2D eigenvalue weighted by Crippen LogP contribution is 2.27. The largest absolute Gasteiger partial charge is 0.495 e. The predicted molar refractivity (Wildman–Crippen MR) is 108 cm³/mol. The first-order valence-electron chi connectivity index (χ1n) is 9.46. The van der Waals surface area contributed by atoms with Gasteiger partial charge in [-0.1, -0.05) is 18.2 Å². The number of ether oxygens (including phenoxy) is 1. The number of hydrogen-bond acceptors (Lipinski definition) is 4. The molecule has 0 radical (unpaired) electrons. The summed E-state index contributed by atoms with van der Waals surface area (Å²) >= 11 is 0. The van der Waals surface area contributed by atoms with E-state index in [0.29, 0.717) is 30.0 Å². The molecule has 2 aromatic carbocycles. The van der Waals surface area contributed by atoms with Gasteiger partial charge in [0.1, 0.15) is 11.8 Å². The number of carbonyl (C=O) groups is 3. The summed E-state index contributed by atoms with van der Waals surface area (Å²) in [5, 5.41) is 11.9. The second kappa shape index (κ2) is 8.77. The van der Waals surface area contributed by atoms with Crippen LogP contribution >= 0.6 is 0 Å². The van der Waals surface area contributed by atoms with Crippen LogP contribution in [0.1, 0.15) is 34.3 Å². The maximum absolute atomic E-state index is 12.9. The Morgan fingerprint density at radius 2 is 1.90 bits per heavy atom. The Kier molecular flexibility index (Phi) is 6.16. The van der Waals surface area contributed by atoms with Crippen molar-refractivity contribution in [2.24, 2.45) is 0 Å². The lowest BCUT2D eigenvalue weighted by atomic mass is 10.1. The minimum atomic E-state index is -1.01. The molecule has 3 rings (SSSR count). The van der Waals surface area contributed by atoms with E-state index in [9.17, 15) is 14.4 Å². The number of anilines is 1. The van der Waals surface area contributed by atoms with Crippen LogP contribution in [0.4, 0.5) is 5.69 Å². The van der Waals surface area contributed by atoms with E-state index >= 15 is 0 Å². The van der Waals surface area contributed by atoms with Crippen LogP contribution in [0.25, 0.3) is 0 Å². The third-order valence-corrected chi connectivity index (χ3v) is 5.04. The van der Waals surface area contributed by atoms with Crippen molar-refractivity contribution in [3.63, 3.8) is 0 Å². The number of nitrogens with one attached hydrogen (secondary N) is 1. The predicted octanol–water partition coefficient (Wildman–Crippen LogP) is 2.87. The van der Waals surface area contributed by atoms with Gasteiger partial charge in [-0.15, -0.1) is 0 Å². The van der Waals surface area contributed by atoms with E-state index in [1.807, 2.05) is 19.1 Å². The van der Waals surface area contributed by atoms with Crippen LogP contribution in [0, 0.1) is 6.92 Å². The molecule has 0 aromatic heterocycles. The molecule has 29 heavy (non-hydrogen) atoms. The summed E-state index contributed by atoms with van der Waals surface area (Å²) in [5.74, 6) is -0.827. The van der Waals surface area contributed by atoms with Crippen molar-refractivity contribution in [1.29, 1.82) is 0 Å². The van der Waals surface area contributed by atoms with Gasteiger partial charge in [-0.05, 0) is 55.2 Å². The number of likely N-dealkylation sites (tertiary alicyclic amines) is 1. The molecule has 1 aliphatic heterocycles. The van der Waals surface area contributed by atoms with Gasteiger partial charge in [0.2, 0.25) is 11.8 Å². The van der Waals surface area contributed by atoms with Crippen molar-refractivity contribution >= 4 is 23.5 Å². The molecule has 0 saturated carbocycles. The standard InChI is InChI=1S/C22H24N2O5/c1-14-5-10-19(29-2)17(12-14)23-21(26)18-4-3-11-24(18)20(25)13-15-6-8-16(9-7-15)22(27)28/h5-10,12,18H,3-4,11,13H2,1-2H3,(H,23,26)(H,27,28). The minimum Gasteiger partial charge on any atom is -0.495 e. The summed E-state index contributed by atoms with van der Waals surface area (Å²) in [6.45, 7) is 2.45. The fourth-order valence-corrected chi connectivity index (χ4v) is 3.51. The Labute approximate surface area is 169 Å². The third kappa shape index (κ3) is 4.74. The van der Waals surface area contributed by atoms with E-state index in [1.165, 1.54) is 12.1 Å². The maximum Gasteiger partial charge on any atom is 0.335 e. The first kappa shape index (κ1) is 20.4. The minimum absolute atomic E-state index is 0.122. The number of carboxylic acid groups (broad SMARTS) is 1. The molecule has 1 aliphatic rings. The highest BCUT2D eigenvalue weighted by molar-refractivity contribution is 5.98. The molecule has 0 spiro atoms. The summed E-state index contributed by atoms with van der Waals surface area (Å²) in [7, 11) is 1.54.